The predicted octanol–water partition coefficient (Wildman–Crippen LogP) is 0.976. The highest BCUT2D eigenvalue weighted by molar-refractivity contribution is 5.93. The fourth-order valence-electron chi connectivity index (χ4n) is 3.15. The van der Waals surface area contributed by atoms with Gasteiger partial charge >= 0.3 is 5.97 Å². The SMILES string of the molecule is CC1=CN2C(NC1=O)O[C@H]1C[C@H]2O[C@@H]1COC(=O)c1ccccc1. The molecule has 2 saturated heterocycles. The first kappa shape index (κ1) is 15.2. The Morgan fingerprint density at radius 2 is 2.12 bits per heavy atom. The molecule has 0 aliphatic carbocycles. The number of carbonyl (C=O) groups is 2. The van der Waals surface area contributed by atoms with Crippen LogP contribution in [0.4, 0.5) is 0 Å². The van der Waals surface area contributed by atoms with Crippen LogP contribution in [0.25, 0.3) is 0 Å². The summed E-state index contributed by atoms with van der Waals surface area (Å²) in [5, 5.41) is 2.79. The average Bonchev–Trinajstić information content (AvgIpc) is 2.93. The zero-order valence-electron chi connectivity index (χ0n) is 13.2. The molecule has 4 rings (SSSR count). The van der Waals surface area contributed by atoms with Gasteiger partial charge in [0.2, 0.25) is 6.35 Å². The Kier molecular flexibility index (Phi) is 3.74. The van der Waals surface area contributed by atoms with Crippen LogP contribution in [-0.4, -0.2) is 48.2 Å². The van der Waals surface area contributed by atoms with Crippen molar-refractivity contribution in [3.05, 3.63) is 47.7 Å². The summed E-state index contributed by atoms with van der Waals surface area (Å²) in [7, 11) is 0. The lowest BCUT2D eigenvalue weighted by Crippen LogP contribution is -2.58. The Morgan fingerprint density at radius 3 is 2.92 bits per heavy atom. The summed E-state index contributed by atoms with van der Waals surface area (Å²) in [6, 6.07) is 8.82. The molecule has 3 aliphatic heterocycles. The molecule has 0 saturated carbocycles. The Balaban J connectivity index is 1.40. The van der Waals surface area contributed by atoms with Gasteiger partial charge < -0.3 is 24.4 Å². The van der Waals surface area contributed by atoms with Crippen molar-refractivity contribution in [2.75, 3.05) is 6.61 Å². The summed E-state index contributed by atoms with van der Waals surface area (Å²) in [5.74, 6) is -0.535. The standard InChI is InChI=1S/C17H18N2O5/c1-10-8-19-14-7-12(24-17(19)18-15(10)20)13(23-14)9-22-16(21)11-5-3-2-4-6-11/h2-6,8,12-14,17H,7,9H2,1H3,(H,18,20)/t12-,13+,14+,17?/m0/s1. The Bertz CT molecular complexity index is 689. The van der Waals surface area contributed by atoms with Crippen LogP contribution in [0.3, 0.4) is 0 Å². The average molecular weight is 330 g/mol. The lowest BCUT2D eigenvalue weighted by molar-refractivity contribution is -0.163. The first-order valence-electron chi connectivity index (χ1n) is 7.91. The molecular weight excluding hydrogens is 312 g/mol. The maximum atomic E-state index is 12.0. The largest absolute Gasteiger partial charge is 0.459 e. The Labute approximate surface area is 139 Å². The highest BCUT2D eigenvalue weighted by atomic mass is 16.6. The van der Waals surface area contributed by atoms with Crippen molar-refractivity contribution in [1.82, 2.24) is 10.2 Å². The minimum atomic E-state index is -0.528. The summed E-state index contributed by atoms with van der Waals surface area (Å²) in [6.45, 7) is 1.86. The van der Waals surface area contributed by atoms with Gasteiger partial charge in [-0.1, -0.05) is 18.2 Å². The Hall–Kier alpha value is -2.38. The molecule has 0 spiro atoms. The normalized spacial score (nSPS) is 31.1. The number of fused-ring (bicyclic) bond motifs is 4. The van der Waals surface area contributed by atoms with E-state index in [1.165, 1.54) is 0 Å². The summed E-state index contributed by atoms with van der Waals surface area (Å²) in [5.41, 5.74) is 1.11. The summed E-state index contributed by atoms with van der Waals surface area (Å²) in [4.78, 5) is 25.6. The lowest BCUT2D eigenvalue weighted by atomic mass is 10.1. The van der Waals surface area contributed by atoms with Gasteiger partial charge in [-0.2, -0.15) is 0 Å². The molecule has 0 aromatic heterocycles. The van der Waals surface area contributed by atoms with Gasteiger partial charge in [0.15, 0.2) is 0 Å². The van der Waals surface area contributed by atoms with Crippen molar-refractivity contribution >= 4 is 11.9 Å². The molecular formula is C17H18N2O5. The Morgan fingerprint density at radius 1 is 1.33 bits per heavy atom. The minimum Gasteiger partial charge on any atom is -0.459 e. The van der Waals surface area contributed by atoms with Crippen molar-refractivity contribution in [2.24, 2.45) is 0 Å². The lowest BCUT2D eigenvalue weighted by Gasteiger charge is -2.41. The zero-order chi connectivity index (χ0) is 16.7. The van der Waals surface area contributed by atoms with Gasteiger partial charge in [0.25, 0.3) is 5.91 Å². The van der Waals surface area contributed by atoms with Crippen LogP contribution in [0.15, 0.2) is 42.1 Å². The van der Waals surface area contributed by atoms with Crippen LogP contribution in [0.5, 0.6) is 0 Å². The number of esters is 1. The van der Waals surface area contributed by atoms with Gasteiger partial charge in [-0.3, -0.25) is 4.79 Å². The van der Waals surface area contributed by atoms with E-state index in [1.54, 1.807) is 37.4 Å². The van der Waals surface area contributed by atoms with E-state index >= 15 is 0 Å². The monoisotopic (exact) mass is 330 g/mol. The molecule has 3 aliphatic rings. The fourth-order valence-corrected chi connectivity index (χ4v) is 3.15. The second-order valence-electron chi connectivity index (χ2n) is 6.09. The number of amides is 1. The van der Waals surface area contributed by atoms with Crippen LogP contribution < -0.4 is 5.32 Å². The third-order valence-electron chi connectivity index (χ3n) is 4.43. The zero-order valence-corrected chi connectivity index (χ0v) is 13.2. The molecule has 2 bridgehead atoms. The molecule has 7 heteroatoms. The van der Waals surface area contributed by atoms with Gasteiger partial charge in [0, 0.05) is 18.2 Å². The maximum absolute atomic E-state index is 12.0. The van der Waals surface area contributed by atoms with Crippen LogP contribution in [0, 0.1) is 0 Å². The number of benzene rings is 1. The van der Waals surface area contributed by atoms with E-state index < -0.39 is 6.35 Å². The minimum absolute atomic E-state index is 0.117. The molecule has 1 N–H and O–H groups in total. The summed E-state index contributed by atoms with van der Waals surface area (Å²) < 4.78 is 17.2. The molecule has 126 valence electrons. The molecule has 2 fully saturated rings. The first-order chi connectivity index (χ1) is 11.6. The molecule has 7 nitrogen and oxygen atoms in total. The van der Waals surface area contributed by atoms with E-state index in [4.69, 9.17) is 14.2 Å². The van der Waals surface area contributed by atoms with Crippen molar-refractivity contribution in [2.45, 2.75) is 38.1 Å². The molecule has 1 unspecified atom stereocenters. The molecule has 1 aromatic carbocycles. The van der Waals surface area contributed by atoms with E-state index in [2.05, 4.69) is 5.32 Å². The molecule has 0 radical (unpaired) electrons. The van der Waals surface area contributed by atoms with Crippen molar-refractivity contribution in [1.29, 1.82) is 0 Å². The molecule has 1 amide bonds. The number of hydrogen-bond donors (Lipinski definition) is 1. The number of ether oxygens (including phenoxy) is 3. The molecule has 4 atom stereocenters. The molecule has 3 heterocycles. The van der Waals surface area contributed by atoms with Crippen LogP contribution in [0.1, 0.15) is 23.7 Å². The van der Waals surface area contributed by atoms with E-state index in [0.29, 0.717) is 17.6 Å². The van der Waals surface area contributed by atoms with Crippen LogP contribution in [0.2, 0.25) is 0 Å². The smallest absolute Gasteiger partial charge is 0.338 e. The van der Waals surface area contributed by atoms with E-state index in [1.807, 2.05) is 11.0 Å². The summed E-state index contributed by atoms with van der Waals surface area (Å²) in [6.07, 6.45) is 1.14. The van der Waals surface area contributed by atoms with Crippen LogP contribution >= 0.6 is 0 Å². The second-order valence-corrected chi connectivity index (χ2v) is 6.09. The van der Waals surface area contributed by atoms with Gasteiger partial charge in [-0.25, -0.2) is 4.79 Å². The van der Waals surface area contributed by atoms with Crippen molar-refractivity contribution < 1.29 is 23.8 Å². The number of nitrogens with one attached hydrogen (secondary N) is 1. The van der Waals surface area contributed by atoms with Crippen molar-refractivity contribution in [3.8, 4) is 0 Å². The quantitative estimate of drug-likeness (QED) is 0.833. The number of nitrogens with zero attached hydrogens (tertiary/aromatic N) is 1. The van der Waals surface area contributed by atoms with Gasteiger partial charge in [-0.05, 0) is 19.1 Å². The van der Waals surface area contributed by atoms with E-state index in [-0.39, 0.29) is 36.9 Å². The summed E-state index contributed by atoms with van der Waals surface area (Å²) >= 11 is 0. The number of rotatable bonds is 3. The number of hydrogen-bond acceptors (Lipinski definition) is 6. The topological polar surface area (TPSA) is 77.1 Å². The predicted molar refractivity (Wildman–Crippen MR) is 82.4 cm³/mol. The van der Waals surface area contributed by atoms with Gasteiger partial charge in [0.1, 0.15) is 18.9 Å². The fraction of sp³-hybridized carbons (Fsp3) is 0.412. The van der Waals surface area contributed by atoms with E-state index in [0.717, 1.165) is 0 Å². The van der Waals surface area contributed by atoms with Crippen LogP contribution in [-0.2, 0) is 19.0 Å². The highest BCUT2D eigenvalue weighted by Gasteiger charge is 2.48. The van der Waals surface area contributed by atoms with Gasteiger partial charge in [-0.15, -0.1) is 0 Å². The van der Waals surface area contributed by atoms with E-state index in [9.17, 15) is 9.59 Å². The molecule has 1 aromatic rings. The van der Waals surface area contributed by atoms with Crippen molar-refractivity contribution in [3.63, 3.8) is 0 Å². The third kappa shape index (κ3) is 2.65. The second kappa shape index (κ2) is 5.92. The maximum Gasteiger partial charge on any atom is 0.338 e. The molecule has 24 heavy (non-hydrogen) atoms. The highest BCUT2D eigenvalue weighted by Crippen LogP contribution is 2.35. The third-order valence-corrected chi connectivity index (χ3v) is 4.43. The first-order valence-corrected chi connectivity index (χ1v) is 7.91. The van der Waals surface area contributed by atoms with Gasteiger partial charge in [0.05, 0.1) is 11.7 Å². The number of carbonyl (C=O) groups excluding carboxylic acids is 2.